The number of nitrogens with two attached hydrogens (primary N) is 1. The second-order valence-corrected chi connectivity index (χ2v) is 3.46. The van der Waals surface area contributed by atoms with Crippen molar-refractivity contribution in [2.75, 3.05) is 19.8 Å². The zero-order valence-electron chi connectivity index (χ0n) is 8.62. The molecular formula is C10H17F2NO2. The quantitative estimate of drug-likeness (QED) is 0.694. The molecule has 0 aromatic heterocycles. The van der Waals surface area contributed by atoms with Gasteiger partial charge in [-0.05, 0) is 25.3 Å². The average Bonchev–Trinajstić information content (AvgIpc) is 2.25. The van der Waals surface area contributed by atoms with Gasteiger partial charge in [-0.2, -0.15) is 0 Å². The first kappa shape index (κ1) is 12.4. The lowest BCUT2D eigenvalue weighted by Gasteiger charge is -2.20. The first-order valence-electron chi connectivity index (χ1n) is 5.14. The summed E-state index contributed by atoms with van der Waals surface area (Å²) in [5, 5.41) is 0. The van der Waals surface area contributed by atoms with Gasteiger partial charge in [-0.1, -0.05) is 0 Å². The number of rotatable bonds is 6. The Bertz CT molecular complexity index is 210. The van der Waals surface area contributed by atoms with Crippen molar-refractivity contribution in [3.63, 3.8) is 0 Å². The number of hydrogen-bond acceptors (Lipinski definition) is 3. The molecule has 1 unspecified atom stereocenters. The molecule has 1 heterocycles. The Kier molecular flexibility index (Phi) is 5.57. The Morgan fingerprint density at radius 1 is 1.53 bits per heavy atom. The Morgan fingerprint density at radius 2 is 2.33 bits per heavy atom. The molecule has 15 heavy (non-hydrogen) atoms. The fourth-order valence-electron chi connectivity index (χ4n) is 1.36. The molecule has 3 nitrogen and oxygen atoms in total. The SMILES string of the molecule is NC(CCOCC(F)F)C1=CCCCO1. The molecule has 1 aliphatic rings. The molecule has 5 heteroatoms. The number of alkyl halides is 2. The van der Waals surface area contributed by atoms with Crippen molar-refractivity contribution in [2.45, 2.75) is 31.7 Å². The van der Waals surface area contributed by atoms with Crippen molar-refractivity contribution in [3.8, 4) is 0 Å². The van der Waals surface area contributed by atoms with Gasteiger partial charge >= 0.3 is 0 Å². The van der Waals surface area contributed by atoms with Crippen molar-refractivity contribution >= 4 is 0 Å². The minimum atomic E-state index is -2.41. The first-order chi connectivity index (χ1) is 7.20. The van der Waals surface area contributed by atoms with Crippen LogP contribution < -0.4 is 5.73 Å². The van der Waals surface area contributed by atoms with Crippen LogP contribution >= 0.6 is 0 Å². The van der Waals surface area contributed by atoms with Gasteiger partial charge in [0.05, 0.1) is 12.6 Å². The highest BCUT2D eigenvalue weighted by Crippen LogP contribution is 2.14. The summed E-state index contributed by atoms with van der Waals surface area (Å²) < 4.78 is 33.5. The first-order valence-corrected chi connectivity index (χ1v) is 5.14. The Balaban J connectivity index is 2.12. The van der Waals surface area contributed by atoms with E-state index in [4.69, 9.17) is 15.2 Å². The molecule has 0 bridgehead atoms. The smallest absolute Gasteiger partial charge is 0.261 e. The Hall–Kier alpha value is -0.680. The zero-order chi connectivity index (χ0) is 11.1. The van der Waals surface area contributed by atoms with Crippen LogP contribution in [0.2, 0.25) is 0 Å². The number of allylic oxidation sites excluding steroid dienone is 1. The molecule has 0 saturated carbocycles. The molecule has 0 radical (unpaired) electrons. The molecule has 0 aromatic carbocycles. The third-order valence-electron chi connectivity index (χ3n) is 2.15. The summed E-state index contributed by atoms with van der Waals surface area (Å²) in [6.07, 6.45) is 2.05. The maximum Gasteiger partial charge on any atom is 0.261 e. The zero-order valence-corrected chi connectivity index (χ0v) is 8.62. The van der Waals surface area contributed by atoms with Crippen LogP contribution in [0.15, 0.2) is 11.8 Å². The number of hydrogen-bond donors (Lipinski definition) is 1. The van der Waals surface area contributed by atoms with Crippen LogP contribution in [0.1, 0.15) is 19.3 Å². The molecule has 1 atom stereocenters. The number of halogens is 2. The molecule has 0 saturated heterocycles. The highest BCUT2D eigenvalue weighted by atomic mass is 19.3. The van der Waals surface area contributed by atoms with E-state index in [0.29, 0.717) is 13.0 Å². The summed E-state index contributed by atoms with van der Waals surface area (Å²) in [5.74, 6) is 0.766. The topological polar surface area (TPSA) is 44.5 Å². The summed E-state index contributed by atoms with van der Waals surface area (Å²) in [6, 6.07) is -0.233. The molecule has 2 N–H and O–H groups in total. The van der Waals surface area contributed by atoms with E-state index in [0.717, 1.165) is 18.6 Å². The maximum absolute atomic E-state index is 11.7. The van der Waals surface area contributed by atoms with Crippen molar-refractivity contribution in [1.82, 2.24) is 0 Å². The van der Waals surface area contributed by atoms with Gasteiger partial charge < -0.3 is 15.2 Å². The van der Waals surface area contributed by atoms with E-state index in [1.165, 1.54) is 0 Å². The van der Waals surface area contributed by atoms with Crippen LogP contribution in [-0.2, 0) is 9.47 Å². The molecule has 88 valence electrons. The van der Waals surface area contributed by atoms with Crippen LogP contribution in [0.25, 0.3) is 0 Å². The Labute approximate surface area is 88.2 Å². The molecule has 0 spiro atoms. The molecule has 1 aliphatic heterocycles. The van der Waals surface area contributed by atoms with Crippen molar-refractivity contribution < 1.29 is 18.3 Å². The summed E-state index contributed by atoms with van der Waals surface area (Å²) in [7, 11) is 0. The van der Waals surface area contributed by atoms with Gasteiger partial charge in [0.2, 0.25) is 0 Å². The van der Waals surface area contributed by atoms with Crippen molar-refractivity contribution in [3.05, 3.63) is 11.8 Å². The van der Waals surface area contributed by atoms with Crippen LogP contribution in [0, 0.1) is 0 Å². The van der Waals surface area contributed by atoms with Crippen LogP contribution in [0.3, 0.4) is 0 Å². The van der Waals surface area contributed by atoms with Crippen LogP contribution in [0.4, 0.5) is 8.78 Å². The van der Waals surface area contributed by atoms with E-state index in [9.17, 15) is 8.78 Å². The highest BCUT2D eigenvalue weighted by molar-refractivity contribution is 5.04. The molecule has 0 aliphatic carbocycles. The van der Waals surface area contributed by atoms with Gasteiger partial charge in [0.25, 0.3) is 6.43 Å². The molecule has 0 aromatic rings. The third-order valence-corrected chi connectivity index (χ3v) is 2.15. The van der Waals surface area contributed by atoms with E-state index >= 15 is 0 Å². The predicted molar refractivity (Wildman–Crippen MR) is 52.7 cm³/mol. The lowest BCUT2D eigenvalue weighted by atomic mass is 10.1. The molecule has 1 rings (SSSR count). The fraction of sp³-hybridized carbons (Fsp3) is 0.800. The van der Waals surface area contributed by atoms with E-state index in [-0.39, 0.29) is 12.6 Å². The summed E-state index contributed by atoms with van der Waals surface area (Å²) in [5.41, 5.74) is 5.80. The largest absolute Gasteiger partial charge is 0.497 e. The minimum Gasteiger partial charge on any atom is -0.497 e. The van der Waals surface area contributed by atoms with E-state index in [2.05, 4.69) is 0 Å². The van der Waals surface area contributed by atoms with Gasteiger partial charge in [-0.25, -0.2) is 8.78 Å². The maximum atomic E-state index is 11.7. The molecular weight excluding hydrogens is 204 g/mol. The fourth-order valence-corrected chi connectivity index (χ4v) is 1.36. The minimum absolute atomic E-state index is 0.233. The van der Waals surface area contributed by atoms with Gasteiger partial charge in [0, 0.05) is 6.61 Å². The number of ether oxygens (including phenoxy) is 2. The van der Waals surface area contributed by atoms with Gasteiger partial charge in [0.1, 0.15) is 12.4 Å². The average molecular weight is 221 g/mol. The lowest BCUT2D eigenvalue weighted by Crippen LogP contribution is -2.27. The summed E-state index contributed by atoms with van der Waals surface area (Å²) in [4.78, 5) is 0. The van der Waals surface area contributed by atoms with Crippen LogP contribution in [0.5, 0.6) is 0 Å². The van der Waals surface area contributed by atoms with E-state index in [1.807, 2.05) is 6.08 Å². The molecule has 0 fully saturated rings. The Morgan fingerprint density at radius 3 is 2.93 bits per heavy atom. The van der Waals surface area contributed by atoms with Crippen molar-refractivity contribution in [1.29, 1.82) is 0 Å². The summed E-state index contributed by atoms with van der Waals surface area (Å²) in [6.45, 7) is 0.413. The standard InChI is InChI=1S/C10H17F2NO2/c11-10(12)7-14-6-4-8(13)9-3-1-2-5-15-9/h3,8,10H,1-2,4-7,13H2. The predicted octanol–water partition coefficient (Wildman–Crippen LogP) is 1.68. The van der Waals surface area contributed by atoms with Crippen LogP contribution in [-0.4, -0.2) is 32.3 Å². The van der Waals surface area contributed by atoms with Crippen molar-refractivity contribution in [2.24, 2.45) is 5.73 Å². The summed E-state index contributed by atoms with van der Waals surface area (Å²) >= 11 is 0. The monoisotopic (exact) mass is 221 g/mol. The second kappa shape index (κ2) is 6.74. The van der Waals surface area contributed by atoms with Gasteiger partial charge in [0.15, 0.2) is 0 Å². The highest BCUT2D eigenvalue weighted by Gasteiger charge is 2.13. The lowest BCUT2D eigenvalue weighted by molar-refractivity contribution is 0.0145. The van der Waals surface area contributed by atoms with Gasteiger partial charge in [-0.3, -0.25) is 0 Å². The van der Waals surface area contributed by atoms with Gasteiger partial charge in [-0.15, -0.1) is 0 Å². The van der Waals surface area contributed by atoms with E-state index in [1.54, 1.807) is 0 Å². The molecule has 0 amide bonds. The normalized spacial score (nSPS) is 18.5. The van der Waals surface area contributed by atoms with E-state index < -0.39 is 13.0 Å². The third kappa shape index (κ3) is 5.09. The second-order valence-electron chi connectivity index (χ2n) is 3.46.